The van der Waals surface area contributed by atoms with Crippen LogP contribution in [0.5, 0.6) is 0 Å². The van der Waals surface area contributed by atoms with Crippen LogP contribution in [0.2, 0.25) is 0 Å². The fraction of sp³-hybridized carbons (Fsp3) is 0.700. The molecule has 1 rings (SSSR count). The van der Waals surface area contributed by atoms with E-state index in [4.69, 9.17) is 19.7 Å². The highest BCUT2D eigenvalue weighted by atomic mass is 16.5. The van der Waals surface area contributed by atoms with Crippen LogP contribution in [0, 0.1) is 0 Å². The van der Waals surface area contributed by atoms with Crippen LogP contribution in [0.4, 0.5) is 0 Å². The first-order chi connectivity index (χ1) is 6.39. The SMILES string of the molecule is CC(=O)O.CC1=COC(C)(CO)CC1. The van der Waals surface area contributed by atoms with Crippen molar-refractivity contribution in [3.8, 4) is 0 Å². The molecule has 0 radical (unpaired) electrons. The van der Waals surface area contributed by atoms with Crippen molar-refractivity contribution in [1.82, 2.24) is 0 Å². The van der Waals surface area contributed by atoms with Crippen molar-refractivity contribution in [3.63, 3.8) is 0 Å². The second-order valence-corrected chi connectivity index (χ2v) is 3.71. The van der Waals surface area contributed by atoms with Gasteiger partial charge in [0.15, 0.2) is 0 Å². The highest BCUT2D eigenvalue weighted by molar-refractivity contribution is 5.62. The number of hydrogen-bond acceptors (Lipinski definition) is 3. The van der Waals surface area contributed by atoms with Crippen LogP contribution >= 0.6 is 0 Å². The van der Waals surface area contributed by atoms with Crippen molar-refractivity contribution in [3.05, 3.63) is 11.8 Å². The normalized spacial score (nSPS) is 25.3. The lowest BCUT2D eigenvalue weighted by Crippen LogP contribution is -2.33. The lowest BCUT2D eigenvalue weighted by Gasteiger charge is -2.30. The second kappa shape index (κ2) is 5.65. The Hall–Kier alpha value is -1.03. The number of carbonyl (C=O) groups is 1. The van der Waals surface area contributed by atoms with Crippen molar-refractivity contribution < 1.29 is 19.7 Å². The number of aliphatic hydroxyl groups excluding tert-OH is 1. The van der Waals surface area contributed by atoms with E-state index in [0.29, 0.717) is 0 Å². The summed E-state index contributed by atoms with van der Waals surface area (Å²) in [5, 5.41) is 16.3. The Kier molecular flexibility index (Phi) is 5.23. The van der Waals surface area contributed by atoms with Gasteiger partial charge >= 0.3 is 0 Å². The maximum absolute atomic E-state index is 9.00. The van der Waals surface area contributed by atoms with E-state index in [1.165, 1.54) is 5.57 Å². The molecule has 4 heteroatoms. The van der Waals surface area contributed by atoms with Gasteiger partial charge in [-0.2, -0.15) is 0 Å². The molecule has 1 atom stereocenters. The van der Waals surface area contributed by atoms with Gasteiger partial charge in [-0.25, -0.2) is 0 Å². The number of rotatable bonds is 1. The van der Waals surface area contributed by atoms with Gasteiger partial charge in [0.1, 0.15) is 5.60 Å². The number of carboxylic acids is 1. The van der Waals surface area contributed by atoms with E-state index in [1.807, 2.05) is 13.8 Å². The van der Waals surface area contributed by atoms with Gasteiger partial charge in [-0.3, -0.25) is 4.79 Å². The van der Waals surface area contributed by atoms with Gasteiger partial charge in [-0.1, -0.05) is 0 Å². The summed E-state index contributed by atoms with van der Waals surface area (Å²) in [4.78, 5) is 9.00. The van der Waals surface area contributed by atoms with E-state index in [9.17, 15) is 0 Å². The first-order valence-electron chi connectivity index (χ1n) is 4.53. The Balaban J connectivity index is 0.000000364. The van der Waals surface area contributed by atoms with E-state index in [1.54, 1.807) is 6.26 Å². The third-order valence-corrected chi connectivity index (χ3v) is 1.93. The topological polar surface area (TPSA) is 66.8 Å². The number of allylic oxidation sites excluding steroid dienone is 1. The van der Waals surface area contributed by atoms with E-state index in [-0.39, 0.29) is 12.2 Å². The van der Waals surface area contributed by atoms with Crippen molar-refractivity contribution >= 4 is 5.97 Å². The average Bonchev–Trinajstić information content (AvgIpc) is 2.10. The van der Waals surface area contributed by atoms with Gasteiger partial charge in [-0.15, -0.1) is 0 Å². The number of ether oxygens (including phenoxy) is 1. The molecule has 1 aliphatic rings. The number of carboxylic acid groups (broad SMARTS) is 1. The summed E-state index contributed by atoms with van der Waals surface area (Å²) in [5.41, 5.74) is 0.936. The fourth-order valence-corrected chi connectivity index (χ4v) is 0.939. The van der Waals surface area contributed by atoms with Gasteiger partial charge in [0.05, 0.1) is 12.9 Å². The van der Waals surface area contributed by atoms with Gasteiger partial charge in [0.25, 0.3) is 5.97 Å². The first kappa shape index (κ1) is 13.0. The Bertz CT molecular complexity index is 218. The lowest BCUT2D eigenvalue weighted by atomic mass is 9.96. The smallest absolute Gasteiger partial charge is 0.300 e. The number of hydrogen-bond donors (Lipinski definition) is 2. The van der Waals surface area contributed by atoms with Crippen LogP contribution in [0.15, 0.2) is 11.8 Å². The Labute approximate surface area is 84.2 Å². The lowest BCUT2D eigenvalue weighted by molar-refractivity contribution is -0.134. The second-order valence-electron chi connectivity index (χ2n) is 3.71. The van der Waals surface area contributed by atoms with Crippen LogP contribution in [0.25, 0.3) is 0 Å². The van der Waals surface area contributed by atoms with Crippen LogP contribution in [0.3, 0.4) is 0 Å². The minimum Gasteiger partial charge on any atom is -0.493 e. The van der Waals surface area contributed by atoms with E-state index in [0.717, 1.165) is 19.8 Å². The largest absolute Gasteiger partial charge is 0.493 e. The molecule has 0 fully saturated rings. The molecule has 0 aliphatic carbocycles. The van der Waals surface area contributed by atoms with Gasteiger partial charge < -0.3 is 14.9 Å². The Morgan fingerprint density at radius 1 is 1.71 bits per heavy atom. The molecule has 0 bridgehead atoms. The van der Waals surface area contributed by atoms with Crippen molar-refractivity contribution in [2.75, 3.05) is 6.61 Å². The highest BCUT2D eigenvalue weighted by Crippen LogP contribution is 2.25. The molecule has 0 aromatic rings. The summed E-state index contributed by atoms with van der Waals surface area (Å²) >= 11 is 0. The molecular formula is C10H18O4. The van der Waals surface area contributed by atoms with Crippen LogP contribution in [-0.4, -0.2) is 28.4 Å². The molecule has 1 unspecified atom stereocenters. The standard InChI is InChI=1S/C8H14O2.C2H4O2/c1-7-3-4-8(2,6-9)10-5-7;1-2(3)4/h5,9H,3-4,6H2,1-2H3;1H3,(H,3,4). The summed E-state index contributed by atoms with van der Waals surface area (Å²) in [7, 11) is 0. The molecule has 0 aromatic carbocycles. The zero-order valence-electron chi connectivity index (χ0n) is 8.91. The molecular weight excluding hydrogens is 184 g/mol. The monoisotopic (exact) mass is 202 g/mol. The molecule has 82 valence electrons. The zero-order chi connectivity index (χ0) is 11.2. The van der Waals surface area contributed by atoms with Crippen LogP contribution < -0.4 is 0 Å². The predicted octanol–water partition coefficient (Wildman–Crippen LogP) is 1.54. The number of aliphatic carboxylic acids is 1. The summed E-state index contributed by atoms with van der Waals surface area (Å²) in [6, 6.07) is 0. The summed E-state index contributed by atoms with van der Waals surface area (Å²) in [5.74, 6) is -0.833. The maximum Gasteiger partial charge on any atom is 0.300 e. The van der Waals surface area contributed by atoms with E-state index >= 15 is 0 Å². The molecule has 0 aromatic heterocycles. The highest BCUT2D eigenvalue weighted by Gasteiger charge is 2.26. The fourth-order valence-electron chi connectivity index (χ4n) is 0.939. The van der Waals surface area contributed by atoms with Gasteiger partial charge in [-0.05, 0) is 32.3 Å². The predicted molar refractivity (Wildman–Crippen MR) is 52.9 cm³/mol. The molecule has 0 amide bonds. The molecule has 4 nitrogen and oxygen atoms in total. The van der Waals surface area contributed by atoms with Crippen LogP contribution in [0.1, 0.15) is 33.6 Å². The van der Waals surface area contributed by atoms with E-state index < -0.39 is 5.97 Å². The summed E-state index contributed by atoms with van der Waals surface area (Å²) in [6.45, 7) is 5.16. The quantitative estimate of drug-likeness (QED) is 0.677. The Morgan fingerprint density at radius 2 is 2.21 bits per heavy atom. The summed E-state index contributed by atoms with van der Waals surface area (Å²) in [6.07, 6.45) is 3.71. The molecule has 14 heavy (non-hydrogen) atoms. The molecule has 0 spiro atoms. The number of aliphatic hydroxyl groups is 1. The maximum atomic E-state index is 9.00. The van der Waals surface area contributed by atoms with E-state index in [2.05, 4.69) is 0 Å². The molecule has 2 N–H and O–H groups in total. The zero-order valence-corrected chi connectivity index (χ0v) is 8.91. The van der Waals surface area contributed by atoms with Crippen molar-refractivity contribution in [1.29, 1.82) is 0 Å². The van der Waals surface area contributed by atoms with Crippen LogP contribution in [-0.2, 0) is 9.53 Å². The first-order valence-corrected chi connectivity index (χ1v) is 4.53. The summed E-state index contributed by atoms with van der Waals surface area (Å²) < 4.78 is 5.31. The Morgan fingerprint density at radius 3 is 2.50 bits per heavy atom. The third-order valence-electron chi connectivity index (χ3n) is 1.93. The minimum absolute atomic E-state index is 0.108. The molecule has 0 saturated heterocycles. The third kappa shape index (κ3) is 5.59. The van der Waals surface area contributed by atoms with Gasteiger partial charge in [0.2, 0.25) is 0 Å². The minimum atomic E-state index is -0.833. The van der Waals surface area contributed by atoms with Crippen molar-refractivity contribution in [2.45, 2.75) is 39.2 Å². The molecule has 1 heterocycles. The van der Waals surface area contributed by atoms with Crippen molar-refractivity contribution in [2.24, 2.45) is 0 Å². The van der Waals surface area contributed by atoms with Gasteiger partial charge in [0, 0.05) is 6.92 Å². The molecule has 1 aliphatic heterocycles. The average molecular weight is 202 g/mol. The molecule has 0 saturated carbocycles.